The van der Waals surface area contributed by atoms with Crippen LogP contribution in [0.4, 0.5) is 0 Å². The summed E-state index contributed by atoms with van der Waals surface area (Å²) in [7, 11) is 1.64. The lowest BCUT2D eigenvalue weighted by molar-refractivity contribution is -0.120. The number of hydrogen-bond acceptors (Lipinski definition) is 5. The van der Waals surface area contributed by atoms with Gasteiger partial charge in [-0.1, -0.05) is 18.2 Å². The Balaban J connectivity index is 1.50. The number of ether oxygens (including phenoxy) is 2. The van der Waals surface area contributed by atoms with Crippen LogP contribution in [-0.4, -0.2) is 23.3 Å². The van der Waals surface area contributed by atoms with Crippen LogP contribution in [-0.2, 0) is 11.4 Å². The third kappa shape index (κ3) is 6.26. The summed E-state index contributed by atoms with van der Waals surface area (Å²) in [6, 6.07) is 19.3. The Bertz CT molecular complexity index is 931. The van der Waals surface area contributed by atoms with E-state index in [-0.39, 0.29) is 17.2 Å². The fourth-order valence-corrected chi connectivity index (χ4v) is 3.71. The molecule has 0 bridgehead atoms. The number of carbonyl (C=O) groups excluding carboxylic acids is 1. The van der Waals surface area contributed by atoms with E-state index in [4.69, 9.17) is 9.47 Å². The fraction of sp³-hybridized carbons (Fsp3) is 0.250. The van der Waals surface area contributed by atoms with Gasteiger partial charge in [-0.15, -0.1) is 11.8 Å². The van der Waals surface area contributed by atoms with E-state index in [0.717, 1.165) is 27.5 Å². The fourth-order valence-electron chi connectivity index (χ4n) is 2.83. The second kappa shape index (κ2) is 10.7. The summed E-state index contributed by atoms with van der Waals surface area (Å²) in [5.41, 5.74) is 2.05. The van der Waals surface area contributed by atoms with Gasteiger partial charge in [-0.3, -0.25) is 9.78 Å². The molecule has 1 N–H and O–H groups in total. The highest BCUT2D eigenvalue weighted by atomic mass is 32.2. The average Bonchev–Trinajstić information content (AvgIpc) is 2.79. The summed E-state index contributed by atoms with van der Waals surface area (Å²) in [5.74, 6) is 1.59. The number of aromatic nitrogens is 1. The van der Waals surface area contributed by atoms with Crippen LogP contribution in [0.5, 0.6) is 11.5 Å². The normalized spacial score (nSPS) is 12.6. The van der Waals surface area contributed by atoms with Gasteiger partial charge in [0.05, 0.1) is 18.4 Å². The standard InChI is InChI=1S/C24H26N2O3S/c1-17(26-24(27)18(2)30-23-12-10-21(28-3)11-13-23)20-6-8-22(9-7-20)29-16-19-5-4-14-25-15-19/h4-15,17-18H,16H2,1-3H3,(H,26,27). The molecular weight excluding hydrogens is 396 g/mol. The Labute approximate surface area is 181 Å². The van der Waals surface area contributed by atoms with Crippen molar-refractivity contribution in [2.24, 2.45) is 0 Å². The molecule has 0 saturated carbocycles. The van der Waals surface area contributed by atoms with Crippen LogP contribution in [0.2, 0.25) is 0 Å². The third-order valence-corrected chi connectivity index (χ3v) is 5.72. The van der Waals surface area contributed by atoms with E-state index < -0.39 is 0 Å². The monoisotopic (exact) mass is 422 g/mol. The maximum Gasteiger partial charge on any atom is 0.233 e. The van der Waals surface area contributed by atoms with Crippen molar-refractivity contribution in [3.05, 3.63) is 84.2 Å². The first-order valence-corrected chi connectivity index (χ1v) is 10.7. The smallest absolute Gasteiger partial charge is 0.233 e. The topological polar surface area (TPSA) is 60.5 Å². The van der Waals surface area contributed by atoms with Crippen LogP contribution in [0.15, 0.2) is 78.0 Å². The van der Waals surface area contributed by atoms with E-state index in [0.29, 0.717) is 6.61 Å². The quantitative estimate of drug-likeness (QED) is 0.490. The molecule has 1 aromatic heterocycles. The van der Waals surface area contributed by atoms with Gasteiger partial charge in [0.2, 0.25) is 5.91 Å². The van der Waals surface area contributed by atoms with Gasteiger partial charge in [-0.2, -0.15) is 0 Å². The van der Waals surface area contributed by atoms with Crippen molar-refractivity contribution < 1.29 is 14.3 Å². The number of rotatable bonds is 9. The molecule has 2 unspecified atom stereocenters. The second-order valence-electron chi connectivity index (χ2n) is 6.88. The molecule has 1 heterocycles. The van der Waals surface area contributed by atoms with Gasteiger partial charge in [0.25, 0.3) is 0 Å². The minimum Gasteiger partial charge on any atom is -0.497 e. The predicted molar refractivity (Wildman–Crippen MR) is 120 cm³/mol. The van der Waals surface area contributed by atoms with E-state index in [9.17, 15) is 4.79 Å². The van der Waals surface area contributed by atoms with Gasteiger partial charge < -0.3 is 14.8 Å². The minimum absolute atomic E-state index is 0.000206. The number of benzene rings is 2. The van der Waals surface area contributed by atoms with E-state index >= 15 is 0 Å². The Hall–Kier alpha value is -2.99. The largest absolute Gasteiger partial charge is 0.497 e. The molecule has 3 aromatic rings. The number of pyridine rings is 1. The zero-order valence-electron chi connectivity index (χ0n) is 17.4. The van der Waals surface area contributed by atoms with Crippen LogP contribution < -0.4 is 14.8 Å². The molecule has 0 radical (unpaired) electrons. The van der Waals surface area contributed by atoms with Gasteiger partial charge in [-0.05, 0) is 61.9 Å². The SMILES string of the molecule is COc1ccc(SC(C)C(=O)NC(C)c2ccc(OCc3cccnc3)cc2)cc1. The van der Waals surface area contributed by atoms with E-state index in [1.165, 1.54) is 11.8 Å². The average molecular weight is 423 g/mol. The molecule has 2 aromatic carbocycles. The maximum atomic E-state index is 12.6. The first-order valence-electron chi connectivity index (χ1n) is 9.78. The van der Waals surface area contributed by atoms with E-state index in [2.05, 4.69) is 10.3 Å². The maximum absolute atomic E-state index is 12.6. The van der Waals surface area contributed by atoms with Gasteiger partial charge in [-0.25, -0.2) is 0 Å². The van der Waals surface area contributed by atoms with Crippen molar-refractivity contribution in [3.63, 3.8) is 0 Å². The van der Waals surface area contributed by atoms with Crippen molar-refractivity contribution in [1.82, 2.24) is 10.3 Å². The van der Waals surface area contributed by atoms with Crippen LogP contribution in [0.25, 0.3) is 0 Å². The van der Waals surface area contributed by atoms with Crippen molar-refractivity contribution in [2.45, 2.75) is 36.6 Å². The molecule has 3 rings (SSSR count). The molecule has 30 heavy (non-hydrogen) atoms. The summed E-state index contributed by atoms with van der Waals surface area (Å²) < 4.78 is 11.0. The Morgan fingerprint density at radius 3 is 2.37 bits per heavy atom. The molecule has 0 fully saturated rings. The van der Waals surface area contributed by atoms with Gasteiger partial charge in [0, 0.05) is 22.9 Å². The lowest BCUT2D eigenvalue weighted by Crippen LogP contribution is -2.33. The Morgan fingerprint density at radius 2 is 1.73 bits per heavy atom. The highest BCUT2D eigenvalue weighted by Gasteiger charge is 2.17. The lowest BCUT2D eigenvalue weighted by atomic mass is 10.1. The zero-order valence-corrected chi connectivity index (χ0v) is 18.2. The lowest BCUT2D eigenvalue weighted by Gasteiger charge is -2.18. The molecule has 0 saturated heterocycles. The summed E-state index contributed by atoms with van der Waals surface area (Å²) in [4.78, 5) is 17.7. The van der Waals surface area contributed by atoms with E-state index in [1.54, 1.807) is 19.5 Å². The summed E-state index contributed by atoms with van der Waals surface area (Å²) in [5, 5.41) is 2.88. The van der Waals surface area contributed by atoms with Crippen LogP contribution in [0.1, 0.15) is 31.0 Å². The number of carbonyl (C=O) groups is 1. The molecule has 6 heteroatoms. The molecule has 0 aliphatic rings. The third-order valence-electron chi connectivity index (χ3n) is 4.61. The number of hydrogen-bond donors (Lipinski definition) is 1. The number of amides is 1. The molecule has 1 amide bonds. The van der Waals surface area contributed by atoms with Gasteiger partial charge in [0.1, 0.15) is 18.1 Å². The summed E-state index contributed by atoms with van der Waals surface area (Å²) in [6.07, 6.45) is 3.53. The highest BCUT2D eigenvalue weighted by Crippen LogP contribution is 2.26. The van der Waals surface area contributed by atoms with E-state index in [1.807, 2.05) is 74.5 Å². The highest BCUT2D eigenvalue weighted by molar-refractivity contribution is 8.00. The molecule has 0 aliphatic carbocycles. The predicted octanol–water partition coefficient (Wildman–Crippen LogP) is 5.03. The van der Waals surface area contributed by atoms with Crippen LogP contribution in [0, 0.1) is 0 Å². The molecule has 5 nitrogen and oxygen atoms in total. The Morgan fingerprint density at radius 1 is 1.03 bits per heavy atom. The molecular formula is C24H26N2O3S. The second-order valence-corrected chi connectivity index (χ2v) is 8.30. The Kier molecular flexibility index (Phi) is 7.74. The summed E-state index contributed by atoms with van der Waals surface area (Å²) in [6.45, 7) is 4.36. The number of nitrogens with one attached hydrogen (secondary N) is 1. The van der Waals surface area contributed by atoms with Crippen molar-refractivity contribution in [3.8, 4) is 11.5 Å². The molecule has 156 valence electrons. The minimum atomic E-state index is -0.206. The molecule has 0 aliphatic heterocycles. The molecule has 2 atom stereocenters. The number of thioether (sulfide) groups is 1. The van der Waals surface area contributed by atoms with Crippen molar-refractivity contribution in [1.29, 1.82) is 0 Å². The first kappa shape index (κ1) is 21.7. The number of methoxy groups -OCH3 is 1. The zero-order chi connectivity index (χ0) is 21.3. The van der Waals surface area contributed by atoms with Crippen LogP contribution >= 0.6 is 11.8 Å². The first-order chi connectivity index (χ1) is 14.5. The van der Waals surface area contributed by atoms with Gasteiger partial charge in [0.15, 0.2) is 0 Å². The van der Waals surface area contributed by atoms with Crippen LogP contribution in [0.3, 0.4) is 0 Å². The molecule has 0 spiro atoms. The van der Waals surface area contributed by atoms with Crippen molar-refractivity contribution >= 4 is 17.7 Å². The summed E-state index contributed by atoms with van der Waals surface area (Å²) >= 11 is 1.52. The number of nitrogens with zero attached hydrogens (tertiary/aromatic N) is 1. The van der Waals surface area contributed by atoms with Gasteiger partial charge >= 0.3 is 0 Å². The van der Waals surface area contributed by atoms with Crippen molar-refractivity contribution in [2.75, 3.05) is 7.11 Å².